The summed E-state index contributed by atoms with van der Waals surface area (Å²) in [5.74, 6) is -0.00132. The third-order valence-electron chi connectivity index (χ3n) is 4.55. The average Bonchev–Trinajstić information content (AvgIpc) is 3.20. The van der Waals surface area contributed by atoms with Crippen LogP contribution in [0.25, 0.3) is 11.1 Å². The van der Waals surface area contributed by atoms with Gasteiger partial charge in [-0.2, -0.15) is 5.10 Å². The normalized spacial score (nSPS) is 18.2. The van der Waals surface area contributed by atoms with E-state index in [1.165, 1.54) is 0 Å². The third kappa shape index (κ3) is 2.55. The van der Waals surface area contributed by atoms with Gasteiger partial charge in [0.25, 0.3) is 11.6 Å². The lowest BCUT2D eigenvalue weighted by Gasteiger charge is -2.32. The summed E-state index contributed by atoms with van der Waals surface area (Å²) in [6.07, 6.45) is 7.46. The SMILES string of the molecule is Cc1cnn([C@@H]2CCCN(C(=O)c3cnc4onc(C)c4c3)C2)c1. The van der Waals surface area contributed by atoms with E-state index in [-0.39, 0.29) is 11.9 Å². The number of hydrogen-bond donors (Lipinski definition) is 0. The number of likely N-dealkylation sites (tertiary alicyclic amines) is 1. The first-order valence-electron chi connectivity index (χ1n) is 8.14. The highest BCUT2D eigenvalue weighted by atomic mass is 16.5. The van der Waals surface area contributed by atoms with Crippen LogP contribution in [0.3, 0.4) is 0 Å². The molecule has 0 aliphatic carbocycles. The molecular formula is C17H19N5O2. The third-order valence-corrected chi connectivity index (χ3v) is 4.55. The van der Waals surface area contributed by atoms with Crippen molar-refractivity contribution in [2.24, 2.45) is 0 Å². The Morgan fingerprint density at radius 1 is 1.33 bits per heavy atom. The molecule has 1 amide bonds. The van der Waals surface area contributed by atoms with Crippen LogP contribution in [0.5, 0.6) is 0 Å². The van der Waals surface area contributed by atoms with Gasteiger partial charge >= 0.3 is 0 Å². The Kier molecular flexibility index (Phi) is 3.55. The van der Waals surface area contributed by atoms with E-state index < -0.39 is 0 Å². The monoisotopic (exact) mass is 325 g/mol. The highest BCUT2D eigenvalue weighted by molar-refractivity contribution is 5.97. The van der Waals surface area contributed by atoms with Crippen LogP contribution in [-0.2, 0) is 0 Å². The minimum Gasteiger partial charge on any atom is -0.336 e. The summed E-state index contributed by atoms with van der Waals surface area (Å²) in [6.45, 7) is 5.30. The fourth-order valence-electron chi connectivity index (χ4n) is 3.23. The predicted molar refractivity (Wildman–Crippen MR) is 87.7 cm³/mol. The van der Waals surface area contributed by atoms with E-state index in [0.717, 1.165) is 36.0 Å². The number of piperidine rings is 1. The zero-order valence-corrected chi connectivity index (χ0v) is 13.8. The average molecular weight is 325 g/mol. The molecule has 4 heterocycles. The number of nitrogens with zero attached hydrogens (tertiary/aromatic N) is 5. The largest absolute Gasteiger partial charge is 0.336 e. The van der Waals surface area contributed by atoms with E-state index >= 15 is 0 Å². The number of aryl methyl sites for hydroxylation is 2. The number of amides is 1. The molecule has 0 unspecified atom stereocenters. The van der Waals surface area contributed by atoms with E-state index in [4.69, 9.17) is 4.52 Å². The van der Waals surface area contributed by atoms with Gasteiger partial charge in [0.05, 0.1) is 28.9 Å². The van der Waals surface area contributed by atoms with E-state index in [1.807, 2.05) is 41.9 Å². The van der Waals surface area contributed by atoms with Crippen LogP contribution in [0.1, 0.15) is 40.5 Å². The van der Waals surface area contributed by atoms with Gasteiger partial charge in [-0.05, 0) is 38.3 Å². The lowest BCUT2D eigenvalue weighted by atomic mass is 10.0. The fourth-order valence-corrected chi connectivity index (χ4v) is 3.23. The molecule has 3 aromatic heterocycles. The number of carbonyl (C=O) groups is 1. The summed E-state index contributed by atoms with van der Waals surface area (Å²) < 4.78 is 7.08. The highest BCUT2D eigenvalue weighted by Gasteiger charge is 2.26. The molecule has 0 spiro atoms. The Bertz CT molecular complexity index is 897. The standard InChI is InChI=1S/C17H19N5O2/c1-11-7-19-22(9-11)14-4-3-5-21(10-14)17(23)13-6-15-12(2)20-24-16(15)18-8-13/h6-9,14H,3-5,10H2,1-2H3/t14-/m1/s1. The van der Waals surface area contributed by atoms with Crippen molar-refractivity contribution >= 4 is 17.0 Å². The number of rotatable bonds is 2. The Morgan fingerprint density at radius 3 is 3.00 bits per heavy atom. The van der Waals surface area contributed by atoms with Crippen LogP contribution >= 0.6 is 0 Å². The van der Waals surface area contributed by atoms with Crippen LogP contribution in [0.4, 0.5) is 0 Å². The van der Waals surface area contributed by atoms with Crippen LogP contribution < -0.4 is 0 Å². The molecule has 1 fully saturated rings. The first-order chi connectivity index (χ1) is 11.6. The molecule has 1 saturated heterocycles. The number of pyridine rings is 1. The molecule has 7 nitrogen and oxygen atoms in total. The Morgan fingerprint density at radius 2 is 2.21 bits per heavy atom. The van der Waals surface area contributed by atoms with E-state index in [0.29, 0.717) is 17.8 Å². The quantitative estimate of drug-likeness (QED) is 0.723. The molecule has 4 rings (SSSR count). The van der Waals surface area contributed by atoms with Crippen molar-refractivity contribution in [3.63, 3.8) is 0 Å². The molecule has 3 aromatic rings. The zero-order valence-electron chi connectivity index (χ0n) is 13.8. The molecule has 0 saturated carbocycles. The molecule has 0 aromatic carbocycles. The van der Waals surface area contributed by atoms with E-state index in [1.54, 1.807) is 6.20 Å². The number of aromatic nitrogens is 4. The lowest BCUT2D eigenvalue weighted by molar-refractivity contribution is 0.0672. The first-order valence-corrected chi connectivity index (χ1v) is 8.14. The molecule has 0 radical (unpaired) electrons. The molecule has 24 heavy (non-hydrogen) atoms. The second kappa shape index (κ2) is 5.74. The van der Waals surface area contributed by atoms with Crippen molar-refractivity contribution in [2.45, 2.75) is 32.7 Å². The Balaban J connectivity index is 1.57. The Labute approximate surface area is 139 Å². The molecule has 7 heteroatoms. The van der Waals surface area contributed by atoms with Gasteiger partial charge in [-0.3, -0.25) is 9.48 Å². The second-order valence-corrected chi connectivity index (χ2v) is 6.39. The van der Waals surface area contributed by atoms with E-state index in [2.05, 4.69) is 15.2 Å². The topological polar surface area (TPSA) is 77.0 Å². The smallest absolute Gasteiger partial charge is 0.257 e. The van der Waals surface area contributed by atoms with Crippen LogP contribution in [0.2, 0.25) is 0 Å². The maximum Gasteiger partial charge on any atom is 0.257 e. The van der Waals surface area contributed by atoms with Gasteiger partial charge in [-0.1, -0.05) is 5.16 Å². The van der Waals surface area contributed by atoms with Gasteiger partial charge in [-0.15, -0.1) is 0 Å². The summed E-state index contributed by atoms with van der Waals surface area (Å²) in [7, 11) is 0. The molecule has 1 atom stereocenters. The minimum atomic E-state index is -0.00132. The van der Waals surface area contributed by atoms with Crippen molar-refractivity contribution in [1.29, 1.82) is 0 Å². The fraction of sp³-hybridized carbons (Fsp3) is 0.412. The lowest BCUT2D eigenvalue weighted by Crippen LogP contribution is -2.40. The van der Waals surface area contributed by atoms with Crippen molar-refractivity contribution < 1.29 is 9.32 Å². The van der Waals surface area contributed by atoms with Crippen LogP contribution in [-0.4, -0.2) is 43.8 Å². The van der Waals surface area contributed by atoms with Gasteiger partial charge in [0, 0.05) is 25.5 Å². The zero-order chi connectivity index (χ0) is 16.7. The molecule has 0 N–H and O–H groups in total. The number of hydrogen-bond acceptors (Lipinski definition) is 5. The Hall–Kier alpha value is -2.70. The maximum atomic E-state index is 12.9. The molecule has 124 valence electrons. The van der Waals surface area contributed by atoms with Crippen LogP contribution in [0, 0.1) is 13.8 Å². The second-order valence-electron chi connectivity index (χ2n) is 6.39. The van der Waals surface area contributed by atoms with E-state index in [9.17, 15) is 4.79 Å². The molecular weight excluding hydrogens is 306 g/mol. The van der Waals surface area contributed by atoms with Crippen molar-refractivity contribution in [2.75, 3.05) is 13.1 Å². The predicted octanol–water partition coefficient (Wildman–Crippen LogP) is 2.51. The maximum absolute atomic E-state index is 12.9. The van der Waals surface area contributed by atoms with Crippen LogP contribution in [0.15, 0.2) is 29.2 Å². The molecule has 0 bridgehead atoms. The summed E-state index contributed by atoms with van der Waals surface area (Å²) in [5, 5.41) is 9.07. The van der Waals surface area contributed by atoms with Gasteiger partial charge in [0.15, 0.2) is 0 Å². The van der Waals surface area contributed by atoms with Gasteiger partial charge in [0.2, 0.25) is 0 Å². The molecule has 1 aliphatic heterocycles. The summed E-state index contributed by atoms with van der Waals surface area (Å²) >= 11 is 0. The summed E-state index contributed by atoms with van der Waals surface area (Å²) in [5.41, 5.74) is 2.92. The number of carbonyl (C=O) groups excluding carboxylic acids is 1. The number of fused-ring (bicyclic) bond motifs is 1. The van der Waals surface area contributed by atoms with Gasteiger partial charge in [0.1, 0.15) is 0 Å². The summed E-state index contributed by atoms with van der Waals surface area (Å²) in [4.78, 5) is 19.0. The van der Waals surface area contributed by atoms with Gasteiger partial charge in [-0.25, -0.2) is 4.98 Å². The van der Waals surface area contributed by atoms with Gasteiger partial charge < -0.3 is 9.42 Å². The van der Waals surface area contributed by atoms with Crippen molar-refractivity contribution in [1.82, 2.24) is 24.8 Å². The first kappa shape index (κ1) is 14.9. The minimum absolute atomic E-state index is 0.00132. The molecule has 1 aliphatic rings. The highest BCUT2D eigenvalue weighted by Crippen LogP contribution is 2.24. The van der Waals surface area contributed by atoms with Crippen molar-refractivity contribution in [3.05, 3.63) is 41.5 Å². The summed E-state index contributed by atoms with van der Waals surface area (Å²) in [6, 6.07) is 2.04. The van der Waals surface area contributed by atoms with Crippen molar-refractivity contribution in [3.8, 4) is 0 Å².